The molecule has 1 fully saturated rings. The van der Waals surface area contributed by atoms with Crippen LogP contribution < -0.4 is 10.0 Å². The monoisotopic (exact) mass is 250 g/mol. The Balaban J connectivity index is 2.33. The van der Waals surface area contributed by atoms with Crippen molar-refractivity contribution < 1.29 is 13.2 Å². The molecule has 1 aliphatic heterocycles. The van der Waals surface area contributed by atoms with E-state index in [2.05, 4.69) is 17.0 Å². The van der Waals surface area contributed by atoms with E-state index in [0.29, 0.717) is 12.6 Å². The summed E-state index contributed by atoms with van der Waals surface area (Å²) in [5.74, 6) is 0.0547. The number of piperidine rings is 1. The van der Waals surface area contributed by atoms with Crippen molar-refractivity contribution in [1.29, 1.82) is 0 Å². The summed E-state index contributed by atoms with van der Waals surface area (Å²) in [6, 6.07) is 0.455. The maximum atomic E-state index is 11.7. The fourth-order valence-electron chi connectivity index (χ4n) is 1.86. The first-order chi connectivity index (χ1) is 7.53. The standard InChI is InChI=1S/C10H22N2O3S/c1-3-15-6-7-16(13,14)12-10-4-5-11-9(2)8-10/h9-12H,3-8H2,1-2H3. The van der Waals surface area contributed by atoms with Crippen LogP contribution in [0.1, 0.15) is 26.7 Å². The number of ether oxygens (including phenoxy) is 1. The minimum Gasteiger partial charge on any atom is -0.381 e. The Labute approximate surface area is 98.0 Å². The van der Waals surface area contributed by atoms with Crippen molar-refractivity contribution in [2.45, 2.75) is 38.8 Å². The van der Waals surface area contributed by atoms with E-state index in [1.54, 1.807) is 0 Å². The molecule has 0 saturated carbocycles. The van der Waals surface area contributed by atoms with Crippen molar-refractivity contribution in [3.63, 3.8) is 0 Å². The van der Waals surface area contributed by atoms with Crippen LogP contribution in [0.25, 0.3) is 0 Å². The smallest absolute Gasteiger partial charge is 0.214 e. The molecule has 2 unspecified atom stereocenters. The molecule has 6 heteroatoms. The van der Waals surface area contributed by atoms with Gasteiger partial charge in [-0.05, 0) is 33.2 Å². The predicted molar refractivity (Wildman–Crippen MR) is 63.9 cm³/mol. The van der Waals surface area contributed by atoms with Crippen LogP contribution >= 0.6 is 0 Å². The maximum Gasteiger partial charge on any atom is 0.214 e. The van der Waals surface area contributed by atoms with Gasteiger partial charge in [0.2, 0.25) is 10.0 Å². The van der Waals surface area contributed by atoms with Gasteiger partial charge in [-0.3, -0.25) is 0 Å². The molecule has 1 rings (SSSR count). The first-order valence-electron chi connectivity index (χ1n) is 5.84. The molecule has 2 N–H and O–H groups in total. The van der Waals surface area contributed by atoms with E-state index < -0.39 is 10.0 Å². The van der Waals surface area contributed by atoms with Crippen LogP contribution in [0, 0.1) is 0 Å². The number of sulfonamides is 1. The van der Waals surface area contributed by atoms with Crippen LogP contribution in [-0.2, 0) is 14.8 Å². The Bertz CT molecular complexity index is 292. The summed E-state index contributed by atoms with van der Waals surface area (Å²) in [5.41, 5.74) is 0. The van der Waals surface area contributed by atoms with Gasteiger partial charge in [0.25, 0.3) is 0 Å². The molecule has 5 nitrogen and oxygen atoms in total. The molecular weight excluding hydrogens is 228 g/mol. The van der Waals surface area contributed by atoms with Gasteiger partial charge >= 0.3 is 0 Å². The van der Waals surface area contributed by atoms with E-state index in [1.807, 2.05) is 6.92 Å². The van der Waals surface area contributed by atoms with Crippen LogP contribution in [-0.4, -0.2) is 46.0 Å². The second-order valence-corrected chi connectivity index (χ2v) is 6.08. The third-order valence-electron chi connectivity index (χ3n) is 2.67. The quantitative estimate of drug-likeness (QED) is 0.655. The van der Waals surface area contributed by atoms with Gasteiger partial charge in [-0.1, -0.05) is 0 Å². The van der Waals surface area contributed by atoms with Crippen LogP contribution in [0.3, 0.4) is 0 Å². The van der Waals surface area contributed by atoms with Crippen molar-refractivity contribution in [2.75, 3.05) is 25.5 Å². The molecule has 0 aromatic carbocycles. The molecule has 1 aliphatic rings. The first-order valence-corrected chi connectivity index (χ1v) is 7.50. The Morgan fingerprint density at radius 3 is 2.88 bits per heavy atom. The lowest BCUT2D eigenvalue weighted by Crippen LogP contribution is -2.47. The van der Waals surface area contributed by atoms with Crippen molar-refractivity contribution in [3.05, 3.63) is 0 Å². The summed E-state index contributed by atoms with van der Waals surface area (Å²) in [6.45, 7) is 5.63. The van der Waals surface area contributed by atoms with Gasteiger partial charge in [-0.25, -0.2) is 13.1 Å². The fraction of sp³-hybridized carbons (Fsp3) is 1.00. The molecule has 16 heavy (non-hydrogen) atoms. The van der Waals surface area contributed by atoms with E-state index in [9.17, 15) is 8.42 Å². The molecule has 1 heterocycles. The summed E-state index contributed by atoms with van der Waals surface area (Å²) in [4.78, 5) is 0. The lowest BCUT2D eigenvalue weighted by Gasteiger charge is -2.28. The average Bonchev–Trinajstić information content (AvgIpc) is 2.17. The van der Waals surface area contributed by atoms with Gasteiger partial charge in [0, 0.05) is 18.7 Å². The minimum absolute atomic E-state index is 0.0547. The normalized spacial score (nSPS) is 26.9. The van der Waals surface area contributed by atoms with Crippen molar-refractivity contribution in [3.8, 4) is 0 Å². The predicted octanol–water partition coefficient (Wildman–Crippen LogP) is 0.0828. The minimum atomic E-state index is -3.18. The molecule has 0 bridgehead atoms. The third kappa shape index (κ3) is 5.25. The molecule has 0 aromatic heterocycles. The van der Waals surface area contributed by atoms with Gasteiger partial charge in [-0.2, -0.15) is 0 Å². The Morgan fingerprint density at radius 2 is 2.25 bits per heavy atom. The highest BCUT2D eigenvalue weighted by Crippen LogP contribution is 2.09. The topological polar surface area (TPSA) is 67.4 Å². The number of hydrogen-bond acceptors (Lipinski definition) is 4. The zero-order valence-corrected chi connectivity index (χ0v) is 10.8. The Hall–Kier alpha value is -0.170. The summed E-state index contributed by atoms with van der Waals surface area (Å²) in [7, 11) is -3.18. The van der Waals surface area contributed by atoms with Crippen LogP contribution in [0.5, 0.6) is 0 Å². The maximum absolute atomic E-state index is 11.7. The van der Waals surface area contributed by atoms with E-state index in [4.69, 9.17) is 4.74 Å². The lowest BCUT2D eigenvalue weighted by molar-refractivity contribution is 0.163. The van der Waals surface area contributed by atoms with E-state index >= 15 is 0 Å². The SMILES string of the molecule is CCOCCS(=O)(=O)NC1CCNC(C)C1. The summed E-state index contributed by atoms with van der Waals surface area (Å²) < 4.78 is 31.1. The van der Waals surface area contributed by atoms with Gasteiger partial charge in [0.05, 0.1) is 12.4 Å². The number of hydrogen-bond donors (Lipinski definition) is 2. The van der Waals surface area contributed by atoms with Gasteiger partial charge < -0.3 is 10.1 Å². The highest BCUT2D eigenvalue weighted by atomic mass is 32.2. The van der Waals surface area contributed by atoms with Crippen LogP contribution in [0.15, 0.2) is 0 Å². The highest BCUT2D eigenvalue weighted by molar-refractivity contribution is 7.89. The molecular formula is C10H22N2O3S. The number of rotatable bonds is 6. The summed E-state index contributed by atoms with van der Waals surface area (Å²) >= 11 is 0. The third-order valence-corrected chi connectivity index (χ3v) is 4.07. The average molecular weight is 250 g/mol. The molecule has 0 aliphatic carbocycles. The largest absolute Gasteiger partial charge is 0.381 e. The Morgan fingerprint density at radius 1 is 1.50 bits per heavy atom. The number of nitrogens with one attached hydrogen (secondary N) is 2. The summed E-state index contributed by atoms with van der Waals surface area (Å²) in [5, 5.41) is 3.29. The van der Waals surface area contributed by atoms with Gasteiger partial charge in [0.15, 0.2) is 0 Å². The molecule has 2 atom stereocenters. The molecule has 0 amide bonds. The molecule has 96 valence electrons. The molecule has 0 aromatic rings. The second kappa shape index (κ2) is 6.54. The van der Waals surface area contributed by atoms with E-state index in [1.165, 1.54) is 0 Å². The zero-order chi connectivity index (χ0) is 12.0. The summed E-state index contributed by atoms with van der Waals surface area (Å²) in [6.07, 6.45) is 1.71. The zero-order valence-electron chi connectivity index (χ0n) is 10.0. The van der Waals surface area contributed by atoms with Gasteiger partial charge in [-0.15, -0.1) is 0 Å². The van der Waals surface area contributed by atoms with Crippen molar-refractivity contribution in [1.82, 2.24) is 10.0 Å². The fourth-order valence-corrected chi connectivity index (χ4v) is 3.04. The lowest BCUT2D eigenvalue weighted by atomic mass is 10.0. The second-order valence-electron chi connectivity index (χ2n) is 4.21. The molecule has 0 radical (unpaired) electrons. The van der Waals surface area contributed by atoms with Crippen molar-refractivity contribution in [2.24, 2.45) is 0 Å². The van der Waals surface area contributed by atoms with Crippen molar-refractivity contribution >= 4 is 10.0 Å². The first kappa shape index (κ1) is 13.9. The highest BCUT2D eigenvalue weighted by Gasteiger charge is 2.22. The van der Waals surface area contributed by atoms with Gasteiger partial charge in [0.1, 0.15) is 0 Å². The van der Waals surface area contributed by atoms with Crippen LogP contribution in [0.2, 0.25) is 0 Å². The van der Waals surface area contributed by atoms with E-state index in [0.717, 1.165) is 19.4 Å². The van der Waals surface area contributed by atoms with Crippen LogP contribution in [0.4, 0.5) is 0 Å². The molecule has 0 spiro atoms. The Kier molecular flexibility index (Phi) is 5.68. The molecule has 1 saturated heterocycles. The van der Waals surface area contributed by atoms with E-state index in [-0.39, 0.29) is 18.4 Å².